The molecule has 3 nitrogen and oxygen atoms in total. The second-order valence-electron chi connectivity index (χ2n) is 3.17. The van der Waals surface area contributed by atoms with Crippen molar-refractivity contribution < 1.29 is 4.79 Å². The molecule has 0 rings (SSSR count). The molecule has 0 saturated heterocycles. The van der Waals surface area contributed by atoms with Crippen LogP contribution in [-0.2, 0) is 4.79 Å². The van der Waals surface area contributed by atoms with Crippen molar-refractivity contribution in [3.63, 3.8) is 0 Å². The van der Waals surface area contributed by atoms with Crippen molar-refractivity contribution >= 4 is 5.91 Å². The number of carbonyl (C=O) groups is 1. The molecule has 0 aliphatic carbocycles. The predicted molar refractivity (Wildman–Crippen MR) is 40.3 cm³/mol. The summed E-state index contributed by atoms with van der Waals surface area (Å²) in [6.07, 6.45) is 0. The van der Waals surface area contributed by atoms with E-state index in [0.29, 0.717) is 6.54 Å². The quantitative estimate of drug-likeness (QED) is 0.568. The molecule has 0 aliphatic rings. The van der Waals surface area contributed by atoms with Crippen molar-refractivity contribution in [2.24, 2.45) is 5.41 Å². The van der Waals surface area contributed by atoms with Gasteiger partial charge in [-0.3, -0.25) is 10.2 Å². The molecule has 0 atom stereocenters. The van der Waals surface area contributed by atoms with E-state index < -0.39 is 0 Å². The smallest absolute Gasteiger partial charge is 0.240 e. The zero-order valence-corrected chi connectivity index (χ0v) is 7.06. The molecule has 0 aromatic rings. The van der Waals surface area contributed by atoms with Gasteiger partial charge in [0, 0.05) is 12.0 Å². The molecular formula is C7H15N2O. The molecule has 3 heteroatoms. The van der Waals surface area contributed by atoms with E-state index in [4.69, 9.17) is 0 Å². The van der Waals surface area contributed by atoms with Gasteiger partial charge >= 0.3 is 0 Å². The summed E-state index contributed by atoms with van der Waals surface area (Å²) in [5, 5.41) is 0. The number of carbonyl (C=O) groups excluding carboxylic acids is 1. The average Bonchev–Trinajstić information content (AvgIpc) is 1.80. The Balaban J connectivity index is 3.64. The van der Waals surface area contributed by atoms with Crippen LogP contribution in [0.2, 0.25) is 0 Å². The van der Waals surface area contributed by atoms with Gasteiger partial charge in [0.1, 0.15) is 0 Å². The van der Waals surface area contributed by atoms with Crippen LogP contribution in [0, 0.1) is 5.41 Å². The highest BCUT2D eigenvalue weighted by atomic mass is 16.2. The van der Waals surface area contributed by atoms with Crippen molar-refractivity contribution in [1.29, 1.82) is 0 Å². The van der Waals surface area contributed by atoms with Crippen molar-refractivity contribution in [1.82, 2.24) is 10.9 Å². The van der Waals surface area contributed by atoms with E-state index in [1.165, 1.54) is 0 Å². The van der Waals surface area contributed by atoms with Gasteiger partial charge in [-0.1, -0.05) is 20.8 Å². The second kappa shape index (κ2) is 3.56. The fourth-order valence-corrected chi connectivity index (χ4v) is 0.319. The number of hydrogen-bond acceptors (Lipinski definition) is 1. The fourth-order valence-electron chi connectivity index (χ4n) is 0.319. The van der Waals surface area contributed by atoms with Gasteiger partial charge in [0.05, 0.1) is 0 Å². The third-order valence-electron chi connectivity index (χ3n) is 1.02. The first-order chi connectivity index (χ1) is 4.48. The lowest BCUT2D eigenvalue weighted by atomic mass is 9.96. The fraction of sp³-hybridized carbons (Fsp3) is 0.857. The Morgan fingerprint density at radius 3 is 2.30 bits per heavy atom. The van der Waals surface area contributed by atoms with Crippen molar-refractivity contribution in [3.05, 3.63) is 0 Å². The van der Waals surface area contributed by atoms with Gasteiger partial charge in [-0.05, 0) is 6.92 Å². The summed E-state index contributed by atoms with van der Waals surface area (Å²) in [6.45, 7) is 8.07. The molecule has 0 unspecified atom stereocenters. The lowest BCUT2D eigenvalue weighted by molar-refractivity contribution is -0.129. The number of hydrogen-bond donors (Lipinski definition) is 1. The van der Waals surface area contributed by atoms with E-state index in [1.54, 1.807) is 0 Å². The van der Waals surface area contributed by atoms with Crippen LogP contribution in [0.25, 0.3) is 0 Å². The summed E-state index contributed by atoms with van der Waals surface area (Å²) in [4.78, 5) is 11.0. The predicted octanol–water partition coefficient (Wildman–Crippen LogP) is 0.688. The summed E-state index contributed by atoms with van der Waals surface area (Å²) in [5.41, 5.74) is 5.86. The van der Waals surface area contributed by atoms with Crippen molar-refractivity contribution in [2.75, 3.05) is 6.54 Å². The van der Waals surface area contributed by atoms with Crippen LogP contribution in [0.15, 0.2) is 0 Å². The number of rotatable bonds is 2. The van der Waals surface area contributed by atoms with Crippen LogP contribution in [0.5, 0.6) is 0 Å². The van der Waals surface area contributed by atoms with Gasteiger partial charge in [0.15, 0.2) is 0 Å². The van der Waals surface area contributed by atoms with Gasteiger partial charge in [0.25, 0.3) is 0 Å². The first-order valence-corrected chi connectivity index (χ1v) is 3.45. The molecule has 0 aromatic carbocycles. The van der Waals surface area contributed by atoms with Crippen LogP contribution in [0.3, 0.4) is 0 Å². The summed E-state index contributed by atoms with van der Waals surface area (Å²) in [6, 6.07) is 0. The molecule has 0 spiro atoms. The SMILES string of the molecule is CC[N]NC(=O)C(C)(C)C. The minimum atomic E-state index is -0.335. The third kappa shape index (κ3) is 3.45. The monoisotopic (exact) mass is 143 g/mol. The molecule has 10 heavy (non-hydrogen) atoms. The zero-order chi connectivity index (χ0) is 8.20. The van der Waals surface area contributed by atoms with E-state index >= 15 is 0 Å². The summed E-state index contributed by atoms with van der Waals surface area (Å²) in [7, 11) is 0. The van der Waals surface area contributed by atoms with Crippen molar-refractivity contribution in [3.8, 4) is 0 Å². The minimum Gasteiger partial charge on any atom is -0.273 e. The highest BCUT2D eigenvalue weighted by molar-refractivity contribution is 5.80. The van der Waals surface area contributed by atoms with Crippen molar-refractivity contribution in [2.45, 2.75) is 27.7 Å². The van der Waals surface area contributed by atoms with Crippen LogP contribution in [-0.4, -0.2) is 12.5 Å². The maximum absolute atomic E-state index is 11.0. The molecule has 0 saturated carbocycles. The summed E-state index contributed by atoms with van der Waals surface area (Å²) >= 11 is 0. The minimum absolute atomic E-state index is 0.0330. The highest BCUT2D eigenvalue weighted by Crippen LogP contribution is 2.11. The van der Waals surface area contributed by atoms with Gasteiger partial charge in [-0.15, -0.1) is 5.43 Å². The van der Waals surface area contributed by atoms with Crippen LogP contribution < -0.4 is 10.9 Å². The molecule has 0 fully saturated rings. The maximum atomic E-state index is 11.0. The normalized spacial score (nSPS) is 11.2. The molecule has 1 radical (unpaired) electrons. The molecule has 1 amide bonds. The van der Waals surface area contributed by atoms with E-state index in [0.717, 1.165) is 0 Å². The van der Waals surface area contributed by atoms with Gasteiger partial charge < -0.3 is 0 Å². The van der Waals surface area contributed by atoms with Gasteiger partial charge in [-0.2, -0.15) is 0 Å². The van der Waals surface area contributed by atoms with Crippen LogP contribution >= 0.6 is 0 Å². The molecule has 0 heterocycles. The average molecular weight is 143 g/mol. The topological polar surface area (TPSA) is 43.2 Å². The Kier molecular flexibility index (Phi) is 3.36. The lowest BCUT2D eigenvalue weighted by Gasteiger charge is -2.16. The maximum Gasteiger partial charge on any atom is 0.240 e. The molecule has 0 bridgehead atoms. The van der Waals surface area contributed by atoms with E-state index in [-0.39, 0.29) is 11.3 Å². The van der Waals surface area contributed by atoms with Crippen LogP contribution in [0.1, 0.15) is 27.7 Å². The van der Waals surface area contributed by atoms with E-state index in [2.05, 4.69) is 10.9 Å². The van der Waals surface area contributed by atoms with Crippen LogP contribution in [0.4, 0.5) is 0 Å². The summed E-state index contributed by atoms with van der Waals surface area (Å²) in [5.74, 6) is -0.0330. The Morgan fingerprint density at radius 1 is 1.50 bits per heavy atom. The third-order valence-corrected chi connectivity index (χ3v) is 1.02. The standard InChI is InChI=1S/C7H15N2O/c1-5-8-9-6(10)7(2,3)4/h5H2,1-4H3,(H,9,10). The second-order valence-corrected chi connectivity index (χ2v) is 3.17. The first-order valence-electron chi connectivity index (χ1n) is 3.45. The van der Waals surface area contributed by atoms with Gasteiger partial charge in [-0.25, -0.2) is 0 Å². The molecule has 59 valence electrons. The Bertz CT molecular complexity index is 115. The Labute approximate surface area is 62.2 Å². The first kappa shape index (κ1) is 9.43. The molecule has 0 aromatic heterocycles. The Morgan fingerprint density at radius 2 is 2.00 bits per heavy atom. The zero-order valence-electron chi connectivity index (χ0n) is 7.06. The lowest BCUT2D eigenvalue weighted by Crippen LogP contribution is -2.39. The molecular weight excluding hydrogens is 128 g/mol. The molecule has 0 aliphatic heterocycles. The number of amides is 1. The summed E-state index contributed by atoms with van der Waals surface area (Å²) < 4.78 is 0. The highest BCUT2D eigenvalue weighted by Gasteiger charge is 2.20. The Hall–Kier alpha value is -0.570. The largest absolute Gasteiger partial charge is 0.273 e. The van der Waals surface area contributed by atoms with Gasteiger partial charge in [0.2, 0.25) is 5.91 Å². The number of nitrogens with one attached hydrogen (secondary N) is 1. The van der Waals surface area contributed by atoms with E-state index in [9.17, 15) is 4.79 Å². The molecule has 1 N–H and O–H groups in total. The number of nitrogens with zero attached hydrogens (tertiary/aromatic N) is 1. The van der Waals surface area contributed by atoms with E-state index in [1.807, 2.05) is 27.7 Å².